The molecule has 1 aromatic carbocycles. The molecular weight excluding hydrogens is 252 g/mol. The molecule has 0 saturated heterocycles. The number of rotatable bonds is 5. The van der Waals surface area contributed by atoms with Crippen molar-refractivity contribution in [3.8, 4) is 0 Å². The maximum Gasteiger partial charge on any atom is 0.220 e. The van der Waals surface area contributed by atoms with E-state index in [4.69, 9.17) is 5.73 Å². The van der Waals surface area contributed by atoms with Gasteiger partial charge >= 0.3 is 0 Å². The fourth-order valence-corrected chi connectivity index (χ4v) is 1.89. The highest BCUT2D eigenvalue weighted by molar-refractivity contribution is 5.76. The number of nitrogens with two attached hydrogens (primary N) is 1. The zero-order valence-corrected chi connectivity index (χ0v) is 11.5. The molecule has 0 fully saturated rings. The first kappa shape index (κ1) is 14.0. The van der Waals surface area contributed by atoms with Crippen LogP contribution >= 0.6 is 0 Å². The van der Waals surface area contributed by atoms with Gasteiger partial charge in [0.1, 0.15) is 5.82 Å². The second-order valence-corrected chi connectivity index (χ2v) is 4.62. The number of aryl methyl sites for hydroxylation is 2. The maximum absolute atomic E-state index is 11.8. The van der Waals surface area contributed by atoms with Gasteiger partial charge in [0, 0.05) is 18.3 Å². The Morgan fingerprint density at radius 3 is 2.95 bits per heavy atom. The van der Waals surface area contributed by atoms with Crippen LogP contribution in [0.1, 0.15) is 23.5 Å². The third-order valence-corrected chi connectivity index (χ3v) is 2.89. The van der Waals surface area contributed by atoms with Crippen LogP contribution in [0.3, 0.4) is 0 Å². The maximum atomic E-state index is 11.8. The molecule has 1 heterocycles. The summed E-state index contributed by atoms with van der Waals surface area (Å²) in [5, 5.41) is 2.85. The first-order valence-electron chi connectivity index (χ1n) is 6.53. The van der Waals surface area contributed by atoms with Crippen LogP contribution in [0, 0.1) is 6.92 Å². The molecule has 20 heavy (non-hydrogen) atoms. The summed E-state index contributed by atoms with van der Waals surface area (Å²) in [7, 11) is 0. The lowest BCUT2D eigenvalue weighted by atomic mass is 10.1. The zero-order valence-electron chi connectivity index (χ0n) is 11.5. The summed E-state index contributed by atoms with van der Waals surface area (Å²) in [5.74, 6) is 0.709. The van der Waals surface area contributed by atoms with Crippen LogP contribution in [0.15, 0.2) is 36.5 Å². The number of nitrogens with one attached hydrogen (secondary N) is 1. The fourth-order valence-electron chi connectivity index (χ4n) is 1.89. The van der Waals surface area contributed by atoms with Crippen LogP contribution in [-0.4, -0.2) is 15.9 Å². The molecule has 0 aliphatic heterocycles. The molecule has 104 valence electrons. The van der Waals surface area contributed by atoms with E-state index in [-0.39, 0.29) is 5.91 Å². The molecule has 0 saturated carbocycles. The van der Waals surface area contributed by atoms with Gasteiger partial charge in [0.25, 0.3) is 0 Å². The van der Waals surface area contributed by atoms with E-state index in [2.05, 4.69) is 15.3 Å². The number of amides is 1. The minimum Gasteiger partial charge on any atom is -0.399 e. The summed E-state index contributed by atoms with van der Waals surface area (Å²) >= 11 is 0. The predicted molar refractivity (Wildman–Crippen MR) is 77.8 cm³/mol. The van der Waals surface area contributed by atoms with E-state index in [1.807, 2.05) is 31.2 Å². The quantitative estimate of drug-likeness (QED) is 0.809. The van der Waals surface area contributed by atoms with Crippen molar-refractivity contribution in [2.24, 2.45) is 0 Å². The van der Waals surface area contributed by atoms with E-state index in [0.29, 0.717) is 25.2 Å². The number of nitrogen functional groups attached to an aromatic ring is 1. The summed E-state index contributed by atoms with van der Waals surface area (Å²) < 4.78 is 0. The SMILES string of the molecule is Cc1nccc(CNC(=O)CCc2cccc(N)c2)n1. The number of hydrogen-bond donors (Lipinski definition) is 2. The normalized spacial score (nSPS) is 10.2. The van der Waals surface area contributed by atoms with Crippen LogP contribution in [0.25, 0.3) is 0 Å². The summed E-state index contributed by atoms with van der Waals surface area (Å²) in [6, 6.07) is 9.39. The smallest absolute Gasteiger partial charge is 0.220 e. The Morgan fingerprint density at radius 1 is 1.35 bits per heavy atom. The zero-order chi connectivity index (χ0) is 14.4. The van der Waals surface area contributed by atoms with E-state index < -0.39 is 0 Å². The van der Waals surface area contributed by atoms with Crippen molar-refractivity contribution in [1.29, 1.82) is 0 Å². The van der Waals surface area contributed by atoms with Crippen LogP contribution < -0.4 is 11.1 Å². The average Bonchev–Trinajstić information content (AvgIpc) is 2.43. The Hall–Kier alpha value is -2.43. The summed E-state index contributed by atoms with van der Waals surface area (Å²) in [5.41, 5.74) is 8.30. The summed E-state index contributed by atoms with van der Waals surface area (Å²) in [6.45, 7) is 2.25. The van der Waals surface area contributed by atoms with Gasteiger partial charge in [0.05, 0.1) is 12.2 Å². The Morgan fingerprint density at radius 2 is 2.20 bits per heavy atom. The molecule has 0 atom stereocenters. The van der Waals surface area contributed by atoms with E-state index >= 15 is 0 Å². The topological polar surface area (TPSA) is 80.9 Å². The molecule has 0 aliphatic carbocycles. The van der Waals surface area contributed by atoms with Crippen molar-refractivity contribution in [2.75, 3.05) is 5.73 Å². The highest BCUT2D eigenvalue weighted by Gasteiger charge is 2.03. The third-order valence-electron chi connectivity index (χ3n) is 2.89. The second-order valence-electron chi connectivity index (χ2n) is 4.62. The molecule has 3 N–H and O–H groups in total. The molecule has 2 rings (SSSR count). The van der Waals surface area contributed by atoms with Gasteiger partial charge in [-0.15, -0.1) is 0 Å². The van der Waals surface area contributed by atoms with E-state index in [0.717, 1.165) is 16.9 Å². The van der Waals surface area contributed by atoms with Gasteiger partial charge in [-0.1, -0.05) is 12.1 Å². The average molecular weight is 270 g/mol. The molecule has 5 nitrogen and oxygen atoms in total. The summed E-state index contributed by atoms with van der Waals surface area (Å²) in [4.78, 5) is 20.0. The molecule has 1 amide bonds. The molecular formula is C15H18N4O. The monoisotopic (exact) mass is 270 g/mol. The van der Waals surface area contributed by atoms with Gasteiger partial charge < -0.3 is 11.1 Å². The number of carbonyl (C=O) groups excluding carboxylic acids is 1. The minimum atomic E-state index is 0.00342. The van der Waals surface area contributed by atoms with Crippen LogP contribution in [0.2, 0.25) is 0 Å². The number of carbonyl (C=O) groups is 1. The fraction of sp³-hybridized carbons (Fsp3) is 0.267. The molecule has 0 radical (unpaired) electrons. The van der Waals surface area contributed by atoms with Crippen molar-refractivity contribution in [3.05, 3.63) is 53.6 Å². The van der Waals surface area contributed by atoms with Crippen LogP contribution in [0.5, 0.6) is 0 Å². The van der Waals surface area contributed by atoms with Gasteiger partial charge in [-0.25, -0.2) is 9.97 Å². The highest BCUT2D eigenvalue weighted by Crippen LogP contribution is 2.08. The van der Waals surface area contributed by atoms with Crippen LogP contribution in [-0.2, 0) is 17.8 Å². The van der Waals surface area contributed by atoms with Crippen molar-refractivity contribution in [1.82, 2.24) is 15.3 Å². The van der Waals surface area contributed by atoms with Crippen molar-refractivity contribution in [3.63, 3.8) is 0 Å². The lowest BCUT2D eigenvalue weighted by Gasteiger charge is -2.06. The minimum absolute atomic E-state index is 0.00342. The molecule has 0 bridgehead atoms. The largest absolute Gasteiger partial charge is 0.399 e. The number of anilines is 1. The number of nitrogens with zero attached hydrogens (tertiary/aromatic N) is 2. The Balaban J connectivity index is 1.78. The van der Waals surface area contributed by atoms with Gasteiger partial charge in [-0.2, -0.15) is 0 Å². The molecule has 2 aromatic rings. The van der Waals surface area contributed by atoms with Gasteiger partial charge in [0.15, 0.2) is 0 Å². The lowest BCUT2D eigenvalue weighted by molar-refractivity contribution is -0.121. The van der Waals surface area contributed by atoms with Gasteiger partial charge in [-0.05, 0) is 37.1 Å². The molecule has 5 heteroatoms. The lowest BCUT2D eigenvalue weighted by Crippen LogP contribution is -2.23. The van der Waals surface area contributed by atoms with Crippen molar-refractivity contribution < 1.29 is 4.79 Å². The molecule has 0 aliphatic rings. The Bertz CT molecular complexity index is 546. The summed E-state index contributed by atoms with van der Waals surface area (Å²) in [6.07, 6.45) is 2.81. The highest BCUT2D eigenvalue weighted by atomic mass is 16.1. The molecule has 0 spiro atoms. The Kier molecular flexibility index (Phi) is 4.65. The van der Waals surface area contributed by atoms with Gasteiger partial charge in [0.2, 0.25) is 5.91 Å². The number of benzene rings is 1. The number of aromatic nitrogens is 2. The molecule has 0 unspecified atom stereocenters. The molecule has 1 aromatic heterocycles. The van der Waals surface area contributed by atoms with E-state index in [1.165, 1.54) is 0 Å². The van der Waals surface area contributed by atoms with Gasteiger partial charge in [-0.3, -0.25) is 4.79 Å². The first-order chi connectivity index (χ1) is 9.63. The van der Waals surface area contributed by atoms with Crippen molar-refractivity contribution in [2.45, 2.75) is 26.3 Å². The first-order valence-corrected chi connectivity index (χ1v) is 6.53. The van der Waals surface area contributed by atoms with Crippen LogP contribution in [0.4, 0.5) is 5.69 Å². The Labute approximate surface area is 118 Å². The van der Waals surface area contributed by atoms with E-state index in [9.17, 15) is 4.79 Å². The predicted octanol–water partition coefficient (Wildman–Crippen LogP) is 1.62. The second kappa shape index (κ2) is 6.65. The van der Waals surface area contributed by atoms with Crippen molar-refractivity contribution >= 4 is 11.6 Å². The standard InChI is InChI=1S/C15H18N4O/c1-11-17-8-7-14(19-11)10-18-15(20)6-5-12-3-2-4-13(16)9-12/h2-4,7-9H,5-6,10,16H2,1H3,(H,18,20). The third kappa shape index (κ3) is 4.35. The van der Waals surface area contributed by atoms with E-state index in [1.54, 1.807) is 12.3 Å². The number of hydrogen-bond acceptors (Lipinski definition) is 4.